The molecule has 2 aromatic rings. The lowest BCUT2D eigenvalue weighted by Gasteiger charge is -2.22. The van der Waals surface area contributed by atoms with Gasteiger partial charge in [-0.3, -0.25) is 4.79 Å². The number of hydrogen-bond donors (Lipinski definition) is 1. The van der Waals surface area contributed by atoms with Gasteiger partial charge in [-0.2, -0.15) is 4.31 Å². The molecule has 150 valence electrons. The van der Waals surface area contributed by atoms with Gasteiger partial charge in [0, 0.05) is 38.0 Å². The van der Waals surface area contributed by atoms with Crippen LogP contribution < -0.4 is 5.14 Å². The standard InChI is InChI=1S/C17H19N3O6S2/c18-27(22,23)6-4-17(21)19-8-13-10-20(11-14(13)9-19)28(24,25)15-1-2-16-12(7-15)3-5-26-16/h1-3,5,7H,4,6,8-11H2,(H2,18,22,23). The number of carbonyl (C=O) groups is 1. The topological polar surface area (TPSA) is 131 Å². The summed E-state index contributed by atoms with van der Waals surface area (Å²) in [5.74, 6) is -0.701. The monoisotopic (exact) mass is 425 g/mol. The van der Waals surface area contributed by atoms with Gasteiger partial charge in [-0.05, 0) is 35.4 Å². The summed E-state index contributed by atoms with van der Waals surface area (Å²) in [6.45, 7) is 1.07. The van der Waals surface area contributed by atoms with Gasteiger partial charge in [-0.15, -0.1) is 0 Å². The molecule has 1 amide bonds. The molecular formula is C17H19N3O6S2. The lowest BCUT2D eigenvalue weighted by atomic mass is 10.2. The third kappa shape index (κ3) is 3.58. The van der Waals surface area contributed by atoms with Crippen LogP contribution in [0.15, 0.2) is 51.0 Å². The molecule has 9 nitrogen and oxygen atoms in total. The van der Waals surface area contributed by atoms with Gasteiger partial charge in [-0.1, -0.05) is 0 Å². The molecule has 0 radical (unpaired) electrons. The molecular weight excluding hydrogens is 406 g/mol. The molecule has 0 spiro atoms. The fourth-order valence-electron chi connectivity index (χ4n) is 3.53. The Bertz CT molecular complexity index is 1180. The summed E-state index contributed by atoms with van der Waals surface area (Å²) in [4.78, 5) is 13.9. The smallest absolute Gasteiger partial charge is 0.243 e. The summed E-state index contributed by atoms with van der Waals surface area (Å²) < 4.78 is 54.6. The van der Waals surface area contributed by atoms with E-state index in [-0.39, 0.29) is 30.3 Å². The number of sulfonamides is 2. The van der Waals surface area contributed by atoms with Gasteiger partial charge in [-0.25, -0.2) is 22.0 Å². The highest BCUT2D eigenvalue weighted by molar-refractivity contribution is 7.89. The van der Waals surface area contributed by atoms with Gasteiger partial charge in [0.05, 0.1) is 16.9 Å². The summed E-state index contributed by atoms with van der Waals surface area (Å²) in [5.41, 5.74) is 2.39. The van der Waals surface area contributed by atoms with Crippen LogP contribution in [0.5, 0.6) is 0 Å². The third-order valence-electron chi connectivity index (χ3n) is 5.01. The van der Waals surface area contributed by atoms with E-state index in [1.54, 1.807) is 18.2 Å². The molecule has 11 heteroatoms. The average Bonchev–Trinajstić information content (AvgIpc) is 3.32. The Morgan fingerprint density at radius 2 is 1.71 bits per heavy atom. The number of rotatable bonds is 5. The zero-order chi connectivity index (χ0) is 20.1. The summed E-state index contributed by atoms with van der Waals surface area (Å²) in [7, 11) is -7.36. The third-order valence-corrected chi connectivity index (χ3v) is 7.57. The molecule has 0 aliphatic carbocycles. The van der Waals surface area contributed by atoms with Crippen molar-refractivity contribution in [2.45, 2.75) is 11.3 Å². The Labute approximate surface area is 162 Å². The summed E-state index contributed by atoms with van der Waals surface area (Å²) >= 11 is 0. The van der Waals surface area contributed by atoms with Gasteiger partial charge in [0.25, 0.3) is 0 Å². The van der Waals surface area contributed by atoms with E-state index in [0.717, 1.165) is 11.1 Å². The first kappa shape index (κ1) is 19.1. The number of fused-ring (bicyclic) bond motifs is 1. The van der Waals surface area contributed by atoms with Crippen molar-refractivity contribution < 1.29 is 26.0 Å². The number of benzene rings is 1. The molecule has 0 saturated heterocycles. The van der Waals surface area contributed by atoms with E-state index in [1.165, 1.54) is 21.5 Å². The minimum absolute atomic E-state index is 0.174. The van der Waals surface area contributed by atoms with E-state index in [9.17, 15) is 21.6 Å². The Balaban J connectivity index is 1.42. The van der Waals surface area contributed by atoms with Crippen molar-refractivity contribution >= 4 is 36.9 Å². The number of nitrogens with zero attached hydrogens (tertiary/aromatic N) is 2. The van der Waals surface area contributed by atoms with Crippen molar-refractivity contribution in [1.29, 1.82) is 0 Å². The Morgan fingerprint density at radius 3 is 2.36 bits per heavy atom. The van der Waals surface area contributed by atoms with Gasteiger partial charge in [0.2, 0.25) is 26.0 Å². The molecule has 2 aliphatic heterocycles. The van der Waals surface area contributed by atoms with Crippen LogP contribution in [0, 0.1) is 0 Å². The van der Waals surface area contributed by atoms with Gasteiger partial charge in [0.1, 0.15) is 5.58 Å². The van der Waals surface area contributed by atoms with Crippen molar-refractivity contribution in [2.24, 2.45) is 5.14 Å². The second-order valence-electron chi connectivity index (χ2n) is 6.97. The summed E-state index contributed by atoms with van der Waals surface area (Å²) in [6, 6.07) is 6.45. The van der Waals surface area contributed by atoms with Crippen molar-refractivity contribution in [3.8, 4) is 0 Å². The molecule has 3 heterocycles. The number of amides is 1. The van der Waals surface area contributed by atoms with Crippen molar-refractivity contribution in [3.63, 3.8) is 0 Å². The number of carbonyl (C=O) groups excluding carboxylic acids is 1. The molecule has 2 N–H and O–H groups in total. The first-order chi connectivity index (χ1) is 13.1. The van der Waals surface area contributed by atoms with E-state index < -0.39 is 25.8 Å². The molecule has 2 aliphatic rings. The molecule has 0 saturated carbocycles. The number of furan rings is 1. The Hall–Kier alpha value is -2.21. The van der Waals surface area contributed by atoms with Gasteiger partial charge < -0.3 is 9.32 Å². The predicted molar refractivity (Wildman–Crippen MR) is 101 cm³/mol. The number of primary sulfonamides is 1. The highest BCUT2D eigenvalue weighted by Gasteiger charge is 2.37. The Kier molecular flexibility index (Phi) is 4.57. The predicted octanol–water partition coefficient (Wildman–Crippen LogP) is 0.255. The maximum Gasteiger partial charge on any atom is 0.243 e. The van der Waals surface area contributed by atoms with Crippen LogP contribution in [0.4, 0.5) is 0 Å². The first-order valence-corrected chi connectivity index (χ1v) is 11.7. The van der Waals surface area contributed by atoms with Crippen molar-refractivity contribution in [1.82, 2.24) is 9.21 Å². The largest absolute Gasteiger partial charge is 0.464 e. The Morgan fingerprint density at radius 1 is 1.04 bits per heavy atom. The average molecular weight is 425 g/mol. The molecule has 4 rings (SSSR count). The van der Waals surface area contributed by atoms with Crippen molar-refractivity contribution in [2.75, 3.05) is 31.9 Å². The summed E-state index contributed by atoms with van der Waals surface area (Å²) in [6.07, 6.45) is 1.33. The highest BCUT2D eigenvalue weighted by Crippen LogP contribution is 2.31. The quantitative estimate of drug-likeness (QED) is 0.684. The van der Waals surface area contributed by atoms with E-state index in [4.69, 9.17) is 9.56 Å². The van der Waals surface area contributed by atoms with E-state index in [1.807, 2.05) is 0 Å². The maximum atomic E-state index is 13.0. The normalized spacial score (nSPS) is 18.2. The lowest BCUT2D eigenvalue weighted by molar-refractivity contribution is -0.129. The lowest BCUT2D eigenvalue weighted by Crippen LogP contribution is -2.37. The molecule has 0 unspecified atom stereocenters. The molecule has 1 aromatic heterocycles. The minimum Gasteiger partial charge on any atom is -0.464 e. The number of hydrogen-bond acceptors (Lipinski definition) is 6. The summed E-state index contributed by atoms with van der Waals surface area (Å²) in [5, 5.41) is 5.65. The van der Waals surface area contributed by atoms with Crippen LogP contribution in [0.3, 0.4) is 0 Å². The molecule has 0 atom stereocenters. The van der Waals surface area contributed by atoms with Crippen LogP contribution >= 0.6 is 0 Å². The van der Waals surface area contributed by atoms with Crippen LogP contribution in [-0.2, 0) is 24.8 Å². The van der Waals surface area contributed by atoms with Crippen molar-refractivity contribution in [3.05, 3.63) is 41.7 Å². The van der Waals surface area contributed by atoms with Gasteiger partial charge in [0.15, 0.2) is 0 Å². The zero-order valence-corrected chi connectivity index (χ0v) is 16.5. The number of nitrogens with two attached hydrogens (primary N) is 1. The SMILES string of the molecule is NS(=O)(=O)CCC(=O)N1CC2=C(C1)CN(S(=O)(=O)c1ccc3occc3c1)C2. The fourth-order valence-corrected chi connectivity index (χ4v) is 5.46. The van der Waals surface area contributed by atoms with E-state index in [0.29, 0.717) is 24.1 Å². The molecule has 1 aromatic carbocycles. The van der Waals surface area contributed by atoms with Crippen LogP contribution in [0.25, 0.3) is 11.0 Å². The zero-order valence-electron chi connectivity index (χ0n) is 14.9. The second kappa shape index (κ2) is 6.69. The van der Waals surface area contributed by atoms with Crippen LogP contribution in [0.1, 0.15) is 6.42 Å². The first-order valence-electron chi connectivity index (χ1n) is 8.59. The van der Waals surface area contributed by atoms with Crippen LogP contribution in [-0.4, -0.2) is 63.9 Å². The van der Waals surface area contributed by atoms with Gasteiger partial charge >= 0.3 is 0 Å². The fraction of sp³-hybridized carbons (Fsp3) is 0.353. The van der Waals surface area contributed by atoms with Crippen LogP contribution in [0.2, 0.25) is 0 Å². The van der Waals surface area contributed by atoms with E-state index in [2.05, 4.69) is 0 Å². The molecule has 0 fully saturated rings. The molecule has 28 heavy (non-hydrogen) atoms. The minimum atomic E-state index is -3.69. The second-order valence-corrected chi connectivity index (χ2v) is 10.6. The van der Waals surface area contributed by atoms with E-state index >= 15 is 0 Å². The maximum absolute atomic E-state index is 13.0. The highest BCUT2D eigenvalue weighted by atomic mass is 32.2. The molecule has 0 bridgehead atoms.